The van der Waals surface area contributed by atoms with Gasteiger partial charge in [-0.2, -0.15) is 0 Å². The number of aromatic nitrogens is 2. The van der Waals surface area contributed by atoms with Gasteiger partial charge in [-0.25, -0.2) is 9.78 Å². The second-order valence-corrected chi connectivity index (χ2v) is 8.02. The molecule has 0 aromatic carbocycles. The predicted octanol–water partition coefficient (Wildman–Crippen LogP) is -3.91. The van der Waals surface area contributed by atoms with E-state index in [1.165, 1.54) is 19.4 Å². The molecule has 0 saturated heterocycles. The Morgan fingerprint density at radius 1 is 1.06 bits per heavy atom. The molecule has 1 aromatic rings. The molecule has 0 unspecified atom stereocenters. The number of hydrogen-bond acceptors (Lipinski definition) is 8. The summed E-state index contributed by atoms with van der Waals surface area (Å²) in [6.07, 6.45) is 2.19. The smallest absolute Gasteiger partial charge is 0.326 e. The molecular weight excluding hydrogens is 466 g/mol. The molecule has 1 aromatic heterocycles. The fourth-order valence-electron chi connectivity index (χ4n) is 3.07. The zero-order chi connectivity index (χ0) is 26.5. The van der Waals surface area contributed by atoms with Crippen LogP contribution in [0.15, 0.2) is 12.5 Å². The number of aliphatic hydroxyl groups excluding tert-OH is 1. The van der Waals surface area contributed by atoms with Crippen molar-refractivity contribution in [3.63, 3.8) is 0 Å². The normalized spacial score (nSPS) is 15.2. The van der Waals surface area contributed by atoms with E-state index in [4.69, 9.17) is 15.9 Å². The number of amides is 3. The summed E-state index contributed by atoms with van der Waals surface area (Å²) in [7, 11) is 0. The third-order valence-corrected chi connectivity index (χ3v) is 5.02. The van der Waals surface area contributed by atoms with E-state index in [0.717, 1.165) is 6.42 Å². The largest absolute Gasteiger partial charge is 0.481 e. The number of hydrogen-bond donors (Lipinski definition) is 9. The number of nitrogens with one attached hydrogen (secondary N) is 4. The van der Waals surface area contributed by atoms with Gasteiger partial charge in [-0.3, -0.25) is 19.2 Å². The average Bonchev–Trinajstić information content (AvgIpc) is 3.28. The Kier molecular flexibility index (Phi) is 12.3. The molecular formula is C20H34N7O8+. The Labute approximate surface area is 201 Å². The van der Waals surface area contributed by atoms with E-state index < -0.39 is 66.4 Å². The number of unbranched alkanes of at least 4 members (excludes halogenated alkanes) is 1. The molecule has 0 spiro atoms. The number of carboxylic acids is 2. The Morgan fingerprint density at radius 3 is 2.23 bits per heavy atom. The lowest BCUT2D eigenvalue weighted by atomic mass is 10.1. The first-order valence-electron chi connectivity index (χ1n) is 11.0. The van der Waals surface area contributed by atoms with Crippen LogP contribution in [-0.4, -0.2) is 91.8 Å². The molecule has 0 fully saturated rings. The van der Waals surface area contributed by atoms with Crippen molar-refractivity contribution in [2.75, 3.05) is 6.54 Å². The summed E-state index contributed by atoms with van der Waals surface area (Å²) in [6.45, 7) is 1.87. The first-order valence-corrected chi connectivity index (χ1v) is 11.0. The minimum Gasteiger partial charge on any atom is -0.481 e. The van der Waals surface area contributed by atoms with Crippen LogP contribution in [0, 0.1) is 0 Å². The van der Waals surface area contributed by atoms with Gasteiger partial charge >= 0.3 is 11.9 Å². The highest BCUT2D eigenvalue weighted by Crippen LogP contribution is 2.05. The van der Waals surface area contributed by atoms with Crippen LogP contribution in [0.4, 0.5) is 0 Å². The van der Waals surface area contributed by atoms with Crippen LogP contribution < -0.4 is 27.4 Å². The molecule has 15 heteroatoms. The predicted molar refractivity (Wildman–Crippen MR) is 119 cm³/mol. The van der Waals surface area contributed by atoms with E-state index in [0.29, 0.717) is 25.1 Å². The van der Waals surface area contributed by atoms with Crippen molar-refractivity contribution >= 4 is 29.7 Å². The Bertz CT molecular complexity index is 862. The van der Waals surface area contributed by atoms with Crippen LogP contribution in [-0.2, 0) is 30.4 Å². The minimum absolute atomic E-state index is 0.0475. The fourth-order valence-corrected chi connectivity index (χ4v) is 3.07. The standard InChI is InChI=1S/C20H33N7O8/c1-10(28)16(19(33)26-14(20(34)35)7-15(29)30)27-18(32)13(6-11-8-23-9-24-11)25-17(31)12(22)4-2-3-5-21/h8-10,12-14,16,28H,2-7,21-22H2,1H3,(H,23,24)(H,25,31)(H,26,33)(H,27,32)(H,29,30)(H,34,35)/p+1/t10-,12+,13+,14+,16+/m1/s1. The Morgan fingerprint density at radius 2 is 1.71 bits per heavy atom. The highest BCUT2D eigenvalue weighted by atomic mass is 16.4. The molecule has 0 aliphatic heterocycles. The van der Waals surface area contributed by atoms with Crippen molar-refractivity contribution in [2.45, 2.75) is 69.3 Å². The number of nitrogens with zero attached hydrogens (tertiary/aromatic N) is 1. The number of carbonyl (C=O) groups is 5. The van der Waals surface area contributed by atoms with Gasteiger partial charge in [0.1, 0.15) is 18.1 Å². The van der Waals surface area contributed by atoms with Gasteiger partial charge in [0.2, 0.25) is 17.7 Å². The lowest BCUT2D eigenvalue weighted by molar-refractivity contribution is -0.368. The number of aromatic amines is 1. The molecule has 1 rings (SSSR count). The molecule has 1 heterocycles. The quantitative estimate of drug-likeness (QED) is 0.0995. The van der Waals surface area contributed by atoms with Crippen LogP contribution in [0.1, 0.15) is 38.3 Å². The molecule has 196 valence electrons. The Hall–Kier alpha value is -3.56. The van der Waals surface area contributed by atoms with E-state index in [1.807, 2.05) is 5.32 Å². The maximum absolute atomic E-state index is 13.0. The van der Waals surface area contributed by atoms with Crippen LogP contribution >= 0.6 is 0 Å². The first-order chi connectivity index (χ1) is 16.5. The molecule has 35 heavy (non-hydrogen) atoms. The molecule has 0 aliphatic rings. The molecule has 15 nitrogen and oxygen atoms in total. The highest BCUT2D eigenvalue weighted by molar-refractivity contribution is 5.95. The number of aliphatic hydroxyl groups is 1. The average molecular weight is 501 g/mol. The molecule has 3 amide bonds. The Balaban J connectivity index is 2.98. The van der Waals surface area contributed by atoms with Gasteiger partial charge in [0.05, 0.1) is 31.4 Å². The second kappa shape index (κ2) is 14.6. The number of aliphatic carboxylic acids is 2. The summed E-state index contributed by atoms with van der Waals surface area (Å²) >= 11 is 0. The van der Waals surface area contributed by atoms with Gasteiger partial charge in [-0.15, -0.1) is 0 Å². The molecule has 0 aliphatic carbocycles. The third kappa shape index (κ3) is 10.5. The van der Waals surface area contributed by atoms with Gasteiger partial charge in [0.15, 0.2) is 0 Å². The van der Waals surface area contributed by atoms with Gasteiger partial charge in [0.25, 0.3) is 0 Å². The third-order valence-electron chi connectivity index (χ3n) is 5.02. The van der Waals surface area contributed by atoms with Crippen molar-refractivity contribution in [3.05, 3.63) is 18.2 Å². The summed E-state index contributed by atoms with van der Waals surface area (Å²) in [6, 6.07) is -5.52. The van der Waals surface area contributed by atoms with Gasteiger partial charge in [-0.1, -0.05) is 0 Å². The number of nitrogens with two attached hydrogens (primary N) is 1. The SMILES string of the molecule is C[C@@H](O)[C@H](NC(=O)[C@H](Cc1cnc[nH]1)NC(=O)[C@@H](N)CCCC[NH3+])C(=O)N[C@@H](CC(=O)O)C(=O)O. The second-order valence-electron chi connectivity index (χ2n) is 8.02. The fraction of sp³-hybridized carbons (Fsp3) is 0.600. The van der Waals surface area contributed by atoms with Crippen molar-refractivity contribution in [2.24, 2.45) is 5.73 Å². The van der Waals surface area contributed by atoms with E-state index in [2.05, 4.69) is 26.3 Å². The summed E-state index contributed by atoms with van der Waals surface area (Å²) in [4.78, 5) is 66.9. The van der Waals surface area contributed by atoms with Crippen molar-refractivity contribution < 1.29 is 45.0 Å². The summed E-state index contributed by atoms with van der Waals surface area (Å²) in [5.41, 5.74) is 10.1. The molecule has 0 radical (unpaired) electrons. The van der Waals surface area contributed by atoms with Gasteiger partial charge in [-0.05, 0) is 26.2 Å². The number of quaternary nitrogens is 1. The zero-order valence-electron chi connectivity index (χ0n) is 19.4. The van der Waals surface area contributed by atoms with Crippen LogP contribution in [0.2, 0.25) is 0 Å². The number of imidazole rings is 1. The van der Waals surface area contributed by atoms with Gasteiger partial charge < -0.3 is 47.7 Å². The van der Waals surface area contributed by atoms with E-state index >= 15 is 0 Å². The lowest BCUT2D eigenvalue weighted by Gasteiger charge is -2.26. The first kappa shape index (κ1) is 29.5. The number of H-pyrrole nitrogens is 1. The summed E-state index contributed by atoms with van der Waals surface area (Å²) < 4.78 is 0. The maximum atomic E-state index is 13.0. The number of rotatable bonds is 16. The van der Waals surface area contributed by atoms with Gasteiger partial charge in [0, 0.05) is 18.3 Å². The maximum Gasteiger partial charge on any atom is 0.326 e. The van der Waals surface area contributed by atoms with E-state index in [9.17, 15) is 29.1 Å². The number of carbonyl (C=O) groups excluding carboxylic acids is 3. The molecule has 12 N–H and O–H groups in total. The van der Waals surface area contributed by atoms with E-state index in [-0.39, 0.29) is 6.42 Å². The van der Waals surface area contributed by atoms with Crippen LogP contribution in [0.25, 0.3) is 0 Å². The topological polar surface area (TPSA) is 264 Å². The number of carboxylic acid groups (broad SMARTS) is 2. The van der Waals surface area contributed by atoms with Crippen LogP contribution in [0.3, 0.4) is 0 Å². The molecule has 0 bridgehead atoms. The lowest BCUT2D eigenvalue weighted by Crippen LogP contribution is -2.60. The molecule has 5 atom stereocenters. The highest BCUT2D eigenvalue weighted by Gasteiger charge is 2.33. The molecule has 0 saturated carbocycles. The van der Waals surface area contributed by atoms with Crippen LogP contribution in [0.5, 0.6) is 0 Å². The van der Waals surface area contributed by atoms with Crippen molar-refractivity contribution in [3.8, 4) is 0 Å². The summed E-state index contributed by atoms with van der Waals surface area (Å²) in [5, 5.41) is 34.8. The zero-order valence-corrected chi connectivity index (χ0v) is 19.4. The van der Waals surface area contributed by atoms with Crippen molar-refractivity contribution in [1.29, 1.82) is 0 Å². The summed E-state index contributed by atoms with van der Waals surface area (Å²) in [5.74, 6) is -5.64. The van der Waals surface area contributed by atoms with E-state index in [1.54, 1.807) is 0 Å². The monoisotopic (exact) mass is 500 g/mol. The van der Waals surface area contributed by atoms with Crippen molar-refractivity contribution in [1.82, 2.24) is 25.9 Å². The minimum atomic E-state index is -1.78.